The van der Waals surface area contributed by atoms with Crippen molar-refractivity contribution < 1.29 is 13.3 Å². The quantitative estimate of drug-likeness (QED) is 0.148. The maximum absolute atomic E-state index is 7.80. The van der Waals surface area contributed by atoms with Crippen LogP contribution in [0, 0.1) is 45.8 Å². The molecule has 0 amide bonds. The highest BCUT2D eigenvalue weighted by atomic mass is 28.4. The molecule has 4 aliphatic carbocycles. The van der Waals surface area contributed by atoms with Crippen molar-refractivity contribution in [2.45, 2.75) is 190 Å². The third-order valence-corrected chi connectivity index (χ3v) is 22.7. The molecular weight excluding hydrogens is 817 g/mol. The summed E-state index contributed by atoms with van der Waals surface area (Å²) in [5, 5.41) is 2.71. The van der Waals surface area contributed by atoms with Gasteiger partial charge in [0, 0.05) is 12.3 Å². The molecule has 0 radical (unpaired) electrons. The van der Waals surface area contributed by atoms with Crippen LogP contribution in [0.1, 0.15) is 128 Å². The van der Waals surface area contributed by atoms with E-state index in [1.165, 1.54) is 66.5 Å². The molecule has 0 saturated heterocycles. The first kappa shape index (κ1) is 50.3. The SMILES string of the molecule is C=C1/C(=C\C=C2/CCC[C@]3(C)[C@@H]([C@H](C)/C=C/[C@@H](O[Si](c4ccccc4)(c4ccccc4)C(C)(C)C)C4CC4)CC[C@@H]23)C[C@@](O[Si](C)(C)C)(C(C)(C)C)C(O[Si](C)(C)C)[C@H]1C(C)(C)C. The van der Waals surface area contributed by atoms with Crippen LogP contribution in [0.4, 0.5) is 0 Å². The van der Waals surface area contributed by atoms with Crippen LogP contribution in [0.2, 0.25) is 44.3 Å². The van der Waals surface area contributed by atoms with E-state index in [9.17, 15) is 0 Å². The van der Waals surface area contributed by atoms with E-state index in [0.717, 1.165) is 6.42 Å². The highest BCUT2D eigenvalue weighted by Gasteiger charge is 2.61. The lowest BCUT2D eigenvalue weighted by Gasteiger charge is -2.61. The Kier molecular flexibility index (Phi) is 14.5. The van der Waals surface area contributed by atoms with Gasteiger partial charge in [-0.25, -0.2) is 0 Å². The van der Waals surface area contributed by atoms with E-state index >= 15 is 0 Å². The number of rotatable bonds is 13. The Morgan fingerprint density at radius 2 is 1.32 bits per heavy atom. The number of hydrogen-bond donors (Lipinski definition) is 0. The molecule has 8 atom stereocenters. The smallest absolute Gasteiger partial charge is 0.261 e. The summed E-state index contributed by atoms with van der Waals surface area (Å²) >= 11 is 0. The fourth-order valence-electron chi connectivity index (χ4n) is 12.7. The summed E-state index contributed by atoms with van der Waals surface area (Å²) in [6.45, 7) is 45.8. The zero-order valence-electron chi connectivity index (χ0n) is 43.2. The lowest BCUT2D eigenvalue weighted by molar-refractivity contribution is -0.155. The molecule has 0 heterocycles. The Morgan fingerprint density at radius 1 is 0.746 bits per heavy atom. The summed E-state index contributed by atoms with van der Waals surface area (Å²) in [7, 11) is -6.62. The van der Waals surface area contributed by atoms with Crippen molar-refractivity contribution in [1.29, 1.82) is 0 Å². The molecule has 1 unspecified atom stereocenters. The molecule has 0 bridgehead atoms. The average molecular weight is 908 g/mol. The van der Waals surface area contributed by atoms with Gasteiger partial charge in [-0.3, -0.25) is 0 Å². The zero-order valence-corrected chi connectivity index (χ0v) is 46.2. The van der Waals surface area contributed by atoms with Crippen LogP contribution in [0.3, 0.4) is 0 Å². The summed E-state index contributed by atoms with van der Waals surface area (Å²) in [6.07, 6.45) is 20.0. The van der Waals surface area contributed by atoms with Crippen LogP contribution in [0.5, 0.6) is 0 Å². The van der Waals surface area contributed by atoms with Crippen molar-refractivity contribution in [2.75, 3.05) is 0 Å². The topological polar surface area (TPSA) is 27.7 Å². The molecule has 63 heavy (non-hydrogen) atoms. The first-order chi connectivity index (χ1) is 29.0. The van der Waals surface area contributed by atoms with Crippen LogP contribution in [-0.4, -0.2) is 42.8 Å². The molecule has 2 aromatic carbocycles. The molecular formula is C57H90O3Si3. The molecule has 4 aliphatic rings. The van der Waals surface area contributed by atoms with Gasteiger partial charge < -0.3 is 13.3 Å². The Hall–Kier alpha value is -2.07. The summed E-state index contributed by atoms with van der Waals surface area (Å²) in [5.74, 6) is 2.49. The van der Waals surface area contributed by atoms with Crippen LogP contribution in [0.25, 0.3) is 0 Å². The van der Waals surface area contributed by atoms with Gasteiger partial charge in [-0.1, -0.05) is 173 Å². The summed E-state index contributed by atoms with van der Waals surface area (Å²) in [4.78, 5) is 0. The largest absolute Gasteiger partial charge is 0.411 e. The third kappa shape index (κ3) is 10.6. The predicted molar refractivity (Wildman–Crippen MR) is 279 cm³/mol. The van der Waals surface area contributed by atoms with Gasteiger partial charge in [0.2, 0.25) is 0 Å². The number of fused-ring (bicyclic) bond motifs is 1. The number of benzene rings is 2. The predicted octanol–water partition coefficient (Wildman–Crippen LogP) is 15.1. The number of allylic oxidation sites excluding steroid dienone is 4. The van der Waals surface area contributed by atoms with Gasteiger partial charge in [-0.05, 0) is 151 Å². The van der Waals surface area contributed by atoms with Gasteiger partial charge in [-0.2, -0.15) is 0 Å². The van der Waals surface area contributed by atoms with Crippen molar-refractivity contribution >= 4 is 35.3 Å². The Balaban J connectivity index is 1.31. The maximum Gasteiger partial charge on any atom is 0.261 e. The molecule has 0 N–H and O–H groups in total. The highest BCUT2D eigenvalue weighted by molar-refractivity contribution is 6.99. The number of hydrogen-bond acceptors (Lipinski definition) is 3. The molecule has 4 fully saturated rings. The van der Waals surface area contributed by atoms with E-state index in [4.69, 9.17) is 19.9 Å². The van der Waals surface area contributed by atoms with E-state index in [1.807, 2.05) is 0 Å². The molecule has 0 aromatic heterocycles. The molecule has 6 heteroatoms. The van der Waals surface area contributed by atoms with Crippen LogP contribution < -0.4 is 10.4 Å². The summed E-state index contributed by atoms with van der Waals surface area (Å²) in [6, 6.07) is 22.4. The van der Waals surface area contributed by atoms with Gasteiger partial charge in [0.05, 0.1) is 17.8 Å². The summed E-state index contributed by atoms with van der Waals surface area (Å²) in [5.41, 5.74) is 3.94. The second-order valence-electron chi connectivity index (χ2n) is 25.9. The van der Waals surface area contributed by atoms with Crippen molar-refractivity contribution in [3.63, 3.8) is 0 Å². The second-order valence-corrected chi connectivity index (χ2v) is 39.0. The fourth-order valence-corrected chi connectivity index (χ4v) is 20.1. The minimum atomic E-state index is -2.66. The van der Waals surface area contributed by atoms with E-state index in [-0.39, 0.29) is 39.4 Å². The minimum absolute atomic E-state index is 0.0364. The molecule has 2 aromatic rings. The maximum atomic E-state index is 7.80. The van der Waals surface area contributed by atoms with Crippen molar-refractivity contribution in [3.05, 3.63) is 108 Å². The van der Waals surface area contributed by atoms with Gasteiger partial charge in [-0.15, -0.1) is 0 Å². The Morgan fingerprint density at radius 3 is 1.79 bits per heavy atom. The lowest BCUT2D eigenvalue weighted by atomic mass is 9.56. The van der Waals surface area contributed by atoms with Crippen LogP contribution >= 0.6 is 0 Å². The lowest BCUT2D eigenvalue weighted by Crippen LogP contribution is -2.67. The molecule has 0 spiro atoms. The zero-order chi connectivity index (χ0) is 46.6. The normalized spacial score (nSPS) is 30.3. The first-order valence-corrected chi connectivity index (χ1v) is 33.7. The minimum Gasteiger partial charge on any atom is -0.411 e. The van der Waals surface area contributed by atoms with Crippen molar-refractivity contribution in [3.8, 4) is 0 Å². The summed E-state index contributed by atoms with van der Waals surface area (Å²) < 4.78 is 22.7. The molecule has 0 aliphatic heterocycles. The van der Waals surface area contributed by atoms with E-state index in [1.54, 1.807) is 5.57 Å². The van der Waals surface area contributed by atoms with Gasteiger partial charge in [0.25, 0.3) is 8.32 Å². The first-order valence-electron chi connectivity index (χ1n) is 25.0. The molecule has 348 valence electrons. The van der Waals surface area contributed by atoms with Crippen LogP contribution in [-0.2, 0) is 13.3 Å². The van der Waals surface area contributed by atoms with E-state index in [0.29, 0.717) is 23.7 Å². The van der Waals surface area contributed by atoms with E-state index < -0.39 is 30.6 Å². The molecule has 4 saturated carbocycles. The van der Waals surface area contributed by atoms with Crippen LogP contribution in [0.15, 0.2) is 108 Å². The van der Waals surface area contributed by atoms with Crippen molar-refractivity contribution in [2.24, 2.45) is 45.8 Å². The Bertz CT molecular complexity index is 1940. The van der Waals surface area contributed by atoms with Gasteiger partial charge in [0.15, 0.2) is 16.6 Å². The van der Waals surface area contributed by atoms with Gasteiger partial charge in [0.1, 0.15) is 0 Å². The third-order valence-electron chi connectivity index (χ3n) is 15.8. The molecule has 6 rings (SSSR count). The highest BCUT2D eigenvalue weighted by Crippen LogP contribution is 2.61. The standard InChI is InChI=1S/C57H90O3Si3/c1-41(31-38-50(44-33-34-44)58-63(55(9,10)11,46-27-21-19-22-28-46)47-29-23-20-24-30-47)48-36-37-49-43(26-25-39-56(48,49)12)32-35-45-40-57(54(6,7)8,60-62(16,17)18)52(59-61(13,14)15)51(42(45)2)53(3,4)5/h19-24,27-32,35,38,41,44,48-52H,2,25-26,33-34,36-37,39-40H2,1,3-18H3/b38-31+,43-32+,45-35-/t41-,48-,49+,50-,51+,52?,56-,57+/m1/s1. The fraction of sp³-hybridized carbons (Fsp3) is 0.649. The van der Waals surface area contributed by atoms with Crippen molar-refractivity contribution in [1.82, 2.24) is 0 Å². The monoisotopic (exact) mass is 907 g/mol. The Labute approximate surface area is 390 Å². The second kappa shape index (κ2) is 18.2. The molecule has 3 nitrogen and oxygen atoms in total. The average Bonchev–Trinajstić information content (AvgIpc) is 3.94. The van der Waals surface area contributed by atoms with Gasteiger partial charge >= 0.3 is 0 Å². The van der Waals surface area contributed by atoms with E-state index in [2.05, 4.69) is 200 Å².